The first-order valence-electron chi connectivity index (χ1n) is 5.37. The molecule has 82 valence electrons. The molecule has 0 bridgehead atoms. The third-order valence-electron chi connectivity index (χ3n) is 2.83. The fraction of sp³-hybridized carbons (Fsp3) is 0.214. The minimum Gasteiger partial charge on any atom is -0.294 e. The Labute approximate surface area is 100 Å². The highest BCUT2D eigenvalue weighted by atomic mass is 35.5. The molecule has 0 aliphatic heterocycles. The normalized spacial score (nSPS) is 16.4. The zero-order valence-electron chi connectivity index (χ0n) is 9.00. The molecule has 0 amide bonds. The van der Waals surface area contributed by atoms with E-state index in [-0.39, 0.29) is 5.78 Å². The first kappa shape index (κ1) is 11.2. The van der Waals surface area contributed by atoms with Crippen LogP contribution in [0.2, 0.25) is 5.02 Å². The molecular formula is C14H13ClO. The van der Waals surface area contributed by atoms with Crippen molar-refractivity contribution in [2.45, 2.75) is 19.3 Å². The summed E-state index contributed by atoms with van der Waals surface area (Å²) in [5.41, 5.74) is 2.87. The number of allylic oxidation sites excluding steroid dienone is 3. The first-order valence-corrected chi connectivity index (χ1v) is 5.75. The summed E-state index contributed by atoms with van der Waals surface area (Å²) in [4.78, 5) is 11.7. The maximum atomic E-state index is 11.7. The predicted molar refractivity (Wildman–Crippen MR) is 67.4 cm³/mol. The van der Waals surface area contributed by atoms with Gasteiger partial charge in [-0.1, -0.05) is 36.4 Å². The van der Waals surface area contributed by atoms with Crippen molar-refractivity contribution < 1.29 is 4.79 Å². The maximum absolute atomic E-state index is 11.7. The van der Waals surface area contributed by atoms with Crippen LogP contribution in [0, 0.1) is 0 Å². The topological polar surface area (TPSA) is 17.1 Å². The van der Waals surface area contributed by atoms with Crippen LogP contribution in [0.15, 0.2) is 42.5 Å². The van der Waals surface area contributed by atoms with E-state index in [1.165, 1.54) is 0 Å². The molecule has 0 aromatic heterocycles. The summed E-state index contributed by atoms with van der Waals surface area (Å²) in [5.74, 6) is 0.191. The van der Waals surface area contributed by atoms with Crippen LogP contribution < -0.4 is 0 Å². The van der Waals surface area contributed by atoms with Crippen LogP contribution in [0.4, 0.5) is 0 Å². The highest BCUT2D eigenvalue weighted by molar-refractivity contribution is 6.30. The molecule has 0 spiro atoms. The summed E-state index contributed by atoms with van der Waals surface area (Å²) in [6, 6.07) is 7.64. The summed E-state index contributed by atoms with van der Waals surface area (Å²) in [5, 5.41) is 0.700. The number of carbonyl (C=O) groups excluding carboxylic acids is 1. The van der Waals surface area contributed by atoms with E-state index in [9.17, 15) is 4.79 Å². The fourth-order valence-electron chi connectivity index (χ4n) is 2.08. The SMILES string of the molecule is C=CC1=C(c2cccc(Cl)c2)CCCC1=O. The molecule has 1 nitrogen and oxygen atoms in total. The quantitative estimate of drug-likeness (QED) is 0.752. The molecule has 0 heterocycles. The number of carbonyl (C=O) groups is 1. The van der Waals surface area contributed by atoms with Gasteiger partial charge >= 0.3 is 0 Å². The Morgan fingerprint density at radius 2 is 2.12 bits per heavy atom. The smallest absolute Gasteiger partial charge is 0.163 e. The Balaban J connectivity index is 2.52. The average Bonchev–Trinajstić information content (AvgIpc) is 2.28. The molecule has 0 fully saturated rings. The van der Waals surface area contributed by atoms with Crippen molar-refractivity contribution in [1.29, 1.82) is 0 Å². The van der Waals surface area contributed by atoms with E-state index in [0.29, 0.717) is 11.4 Å². The van der Waals surface area contributed by atoms with E-state index in [1.54, 1.807) is 6.08 Å². The molecule has 0 atom stereocenters. The van der Waals surface area contributed by atoms with Crippen molar-refractivity contribution in [3.8, 4) is 0 Å². The summed E-state index contributed by atoms with van der Waals surface area (Å²) in [6.45, 7) is 3.72. The van der Waals surface area contributed by atoms with Gasteiger partial charge in [-0.05, 0) is 36.1 Å². The number of Topliss-reactive ketones (excluding diaryl/α,β-unsaturated/α-hetero) is 1. The van der Waals surface area contributed by atoms with Gasteiger partial charge in [-0.2, -0.15) is 0 Å². The molecule has 0 radical (unpaired) electrons. The Kier molecular flexibility index (Phi) is 3.25. The number of hydrogen-bond donors (Lipinski definition) is 0. The van der Waals surface area contributed by atoms with E-state index in [2.05, 4.69) is 6.58 Å². The largest absolute Gasteiger partial charge is 0.294 e. The molecule has 2 heteroatoms. The van der Waals surface area contributed by atoms with Gasteiger partial charge < -0.3 is 0 Å². The van der Waals surface area contributed by atoms with Crippen LogP contribution in [-0.4, -0.2) is 5.78 Å². The molecule has 1 aliphatic carbocycles. The standard InChI is InChI=1S/C14H13ClO/c1-2-12-13(7-4-8-14(12)16)10-5-3-6-11(15)9-10/h2-3,5-6,9H,1,4,7-8H2. The van der Waals surface area contributed by atoms with Gasteiger partial charge in [0, 0.05) is 17.0 Å². The molecule has 1 aromatic carbocycles. The highest BCUT2D eigenvalue weighted by Crippen LogP contribution is 2.31. The second-order valence-electron chi connectivity index (χ2n) is 3.88. The molecule has 0 unspecified atom stereocenters. The van der Waals surface area contributed by atoms with Gasteiger partial charge in [0.05, 0.1) is 0 Å². The van der Waals surface area contributed by atoms with E-state index in [4.69, 9.17) is 11.6 Å². The van der Waals surface area contributed by atoms with Crippen molar-refractivity contribution in [3.05, 3.63) is 53.1 Å². The van der Waals surface area contributed by atoms with Crippen LogP contribution in [0.5, 0.6) is 0 Å². The van der Waals surface area contributed by atoms with Crippen LogP contribution in [-0.2, 0) is 4.79 Å². The number of ketones is 1. The van der Waals surface area contributed by atoms with Gasteiger partial charge in [-0.25, -0.2) is 0 Å². The molecule has 16 heavy (non-hydrogen) atoms. The van der Waals surface area contributed by atoms with Gasteiger partial charge in [-0.15, -0.1) is 0 Å². The second-order valence-corrected chi connectivity index (χ2v) is 4.32. The fourth-order valence-corrected chi connectivity index (χ4v) is 2.27. The molecule has 0 N–H and O–H groups in total. The Morgan fingerprint density at radius 1 is 1.31 bits per heavy atom. The van der Waals surface area contributed by atoms with Gasteiger partial charge in [0.1, 0.15) is 0 Å². The molecule has 0 saturated carbocycles. The third kappa shape index (κ3) is 2.10. The lowest BCUT2D eigenvalue weighted by atomic mass is 9.86. The van der Waals surface area contributed by atoms with E-state index < -0.39 is 0 Å². The predicted octanol–water partition coefficient (Wildman–Crippen LogP) is 4.03. The number of rotatable bonds is 2. The summed E-state index contributed by atoms with van der Waals surface area (Å²) in [6.07, 6.45) is 4.13. The maximum Gasteiger partial charge on any atom is 0.163 e. The molecular weight excluding hydrogens is 220 g/mol. The zero-order chi connectivity index (χ0) is 11.5. The average molecular weight is 233 g/mol. The van der Waals surface area contributed by atoms with Gasteiger partial charge in [0.2, 0.25) is 0 Å². The molecule has 1 aliphatic rings. The van der Waals surface area contributed by atoms with E-state index in [1.807, 2.05) is 24.3 Å². The van der Waals surface area contributed by atoms with Crippen LogP contribution in [0.1, 0.15) is 24.8 Å². The van der Waals surface area contributed by atoms with Crippen molar-refractivity contribution >= 4 is 23.0 Å². The van der Waals surface area contributed by atoms with Gasteiger partial charge in [0.15, 0.2) is 5.78 Å². The lowest BCUT2D eigenvalue weighted by Gasteiger charge is -2.17. The van der Waals surface area contributed by atoms with E-state index >= 15 is 0 Å². The van der Waals surface area contributed by atoms with Crippen molar-refractivity contribution in [2.24, 2.45) is 0 Å². The minimum atomic E-state index is 0.191. The minimum absolute atomic E-state index is 0.191. The van der Waals surface area contributed by atoms with E-state index in [0.717, 1.165) is 29.6 Å². The van der Waals surface area contributed by atoms with Gasteiger partial charge in [-0.3, -0.25) is 4.79 Å². The van der Waals surface area contributed by atoms with Crippen molar-refractivity contribution in [3.63, 3.8) is 0 Å². The second kappa shape index (κ2) is 4.67. The lowest BCUT2D eigenvalue weighted by Crippen LogP contribution is -2.09. The molecule has 0 saturated heterocycles. The van der Waals surface area contributed by atoms with Crippen LogP contribution >= 0.6 is 11.6 Å². The molecule has 2 rings (SSSR count). The summed E-state index contributed by atoms with van der Waals surface area (Å²) in [7, 11) is 0. The van der Waals surface area contributed by atoms with Crippen LogP contribution in [0.3, 0.4) is 0 Å². The van der Waals surface area contributed by atoms with Crippen molar-refractivity contribution in [2.75, 3.05) is 0 Å². The van der Waals surface area contributed by atoms with Crippen LogP contribution in [0.25, 0.3) is 5.57 Å². The number of benzene rings is 1. The summed E-state index contributed by atoms with van der Waals surface area (Å²) >= 11 is 5.96. The third-order valence-corrected chi connectivity index (χ3v) is 3.07. The monoisotopic (exact) mass is 232 g/mol. The van der Waals surface area contributed by atoms with Crippen molar-refractivity contribution in [1.82, 2.24) is 0 Å². The Hall–Kier alpha value is -1.34. The summed E-state index contributed by atoms with van der Waals surface area (Å²) < 4.78 is 0. The lowest BCUT2D eigenvalue weighted by molar-refractivity contribution is -0.115. The Morgan fingerprint density at radius 3 is 2.81 bits per heavy atom. The van der Waals surface area contributed by atoms with Gasteiger partial charge in [0.25, 0.3) is 0 Å². The zero-order valence-corrected chi connectivity index (χ0v) is 9.76. The Bertz CT molecular complexity index is 471. The highest BCUT2D eigenvalue weighted by Gasteiger charge is 2.19. The number of halogens is 1. The first-order chi connectivity index (χ1) is 7.72. The number of hydrogen-bond acceptors (Lipinski definition) is 1. The molecule has 1 aromatic rings.